The molecule has 0 spiro atoms. The average Bonchev–Trinajstić information content (AvgIpc) is 3.35. The van der Waals surface area contributed by atoms with E-state index in [0.717, 1.165) is 60.8 Å². The summed E-state index contributed by atoms with van der Waals surface area (Å²) in [6.07, 6.45) is 7.00. The summed E-state index contributed by atoms with van der Waals surface area (Å²) < 4.78 is 1.74. The fraction of sp³-hybridized carbons (Fsp3) is 0.321. The van der Waals surface area contributed by atoms with Crippen molar-refractivity contribution in [2.45, 2.75) is 20.4 Å². The first kappa shape index (κ1) is 25.5. The van der Waals surface area contributed by atoms with Crippen molar-refractivity contribution in [2.24, 2.45) is 7.05 Å². The van der Waals surface area contributed by atoms with Crippen molar-refractivity contribution >= 4 is 23.4 Å². The SMILES string of the molecule is Cc1ccc(CN2CCN(C)CC2)cc1NC(=O)c1ccc(Nc2ncc(C)c(-c3cnn(C)c3)n2)nc1. The van der Waals surface area contributed by atoms with Gasteiger partial charge in [0.1, 0.15) is 5.82 Å². The molecule has 0 atom stereocenters. The number of carbonyl (C=O) groups excluding carboxylic acids is 1. The van der Waals surface area contributed by atoms with Crippen molar-refractivity contribution in [2.75, 3.05) is 43.9 Å². The highest BCUT2D eigenvalue weighted by molar-refractivity contribution is 6.04. The van der Waals surface area contributed by atoms with Crippen LogP contribution >= 0.6 is 0 Å². The van der Waals surface area contributed by atoms with Crippen LogP contribution in [0.2, 0.25) is 0 Å². The first-order valence-corrected chi connectivity index (χ1v) is 12.7. The Morgan fingerprint density at radius 3 is 2.47 bits per heavy atom. The minimum Gasteiger partial charge on any atom is -0.322 e. The Kier molecular flexibility index (Phi) is 7.43. The second-order valence-electron chi connectivity index (χ2n) is 9.87. The second-order valence-corrected chi connectivity index (χ2v) is 9.87. The molecule has 10 heteroatoms. The number of aryl methyl sites for hydroxylation is 3. The predicted molar refractivity (Wildman–Crippen MR) is 148 cm³/mol. The molecule has 0 bridgehead atoms. The summed E-state index contributed by atoms with van der Waals surface area (Å²) in [5.41, 5.74) is 6.17. The number of hydrogen-bond acceptors (Lipinski definition) is 8. The van der Waals surface area contributed by atoms with Crippen LogP contribution in [0.5, 0.6) is 0 Å². The number of piperazine rings is 1. The molecule has 0 unspecified atom stereocenters. The standard InChI is InChI=1S/C28H33N9O/c1-19-5-6-21(17-37-11-9-35(3)10-12-37)13-24(19)32-27(38)22-7-8-25(29-15-22)33-28-30-14-20(2)26(34-28)23-16-31-36(4)18-23/h5-8,13-16,18H,9-12,17H2,1-4H3,(H,32,38)(H,29,30,33,34). The Hall–Kier alpha value is -4.15. The number of amides is 1. The van der Waals surface area contributed by atoms with Gasteiger partial charge in [-0.2, -0.15) is 5.10 Å². The first-order valence-electron chi connectivity index (χ1n) is 12.7. The maximum atomic E-state index is 13.0. The molecular weight excluding hydrogens is 478 g/mol. The molecule has 38 heavy (non-hydrogen) atoms. The van der Waals surface area contributed by atoms with Crippen molar-refractivity contribution in [3.8, 4) is 11.3 Å². The van der Waals surface area contributed by atoms with Crippen molar-refractivity contribution in [1.82, 2.24) is 34.5 Å². The van der Waals surface area contributed by atoms with Crippen LogP contribution in [-0.4, -0.2) is 73.7 Å². The highest BCUT2D eigenvalue weighted by Gasteiger charge is 2.15. The molecule has 5 rings (SSSR count). The smallest absolute Gasteiger partial charge is 0.257 e. The van der Waals surface area contributed by atoms with Gasteiger partial charge in [0, 0.05) is 69.6 Å². The van der Waals surface area contributed by atoms with Crippen LogP contribution in [0.25, 0.3) is 11.3 Å². The molecule has 1 saturated heterocycles. The largest absolute Gasteiger partial charge is 0.322 e. The molecule has 1 fully saturated rings. The normalized spacial score (nSPS) is 14.4. The van der Waals surface area contributed by atoms with E-state index >= 15 is 0 Å². The summed E-state index contributed by atoms with van der Waals surface area (Å²) in [6.45, 7) is 9.10. The fourth-order valence-corrected chi connectivity index (χ4v) is 4.42. The zero-order chi connectivity index (χ0) is 26.6. The van der Waals surface area contributed by atoms with Crippen molar-refractivity contribution < 1.29 is 4.79 Å². The van der Waals surface area contributed by atoms with E-state index in [1.807, 2.05) is 27.1 Å². The summed E-state index contributed by atoms with van der Waals surface area (Å²) in [5, 5.41) is 10.4. The highest BCUT2D eigenvalue weighted by Crippen LogP contribution is 2.23. The van der Waals surface area contributed by atoms with Crippen LogP contribution in [0, 0.1) is 13.8 Å². The molecule has 4 aromatic rings. The summed E-state index contributed by atoms with van der Waals surface area (Å²) in [7, 11) is 4.03. The first-order chi connectivity index (χ1) is 18.3. The molecular formula is C28H33N9O. The van der Waals surface area contributed by atoms with Crippen LogP contribution in [0.4, 0.5) is 17.5 Å². The van der Waals surface area contributed by atoms with Gasteiger partial charge in [0.25, 0.3) is 5.91 Å². The number of nitrogens with zero attached hydrogens (tertiary/aromatic N) is 7. The molecule has 1 aliphatic heterocycles. The molecule has 1 aromatic carbocycles. The van der Waals surface area contributed by atoms with Crippen LogP contribution in [0.3, 0.4) is 0 Å². The van der Waals surface area contributed by atoms with Gasteiger partial charge in [0.2, 0.25) is 5.95 Å². The molecule has 2 N–H and O–H groups in total. The second kappa shape index (κ2) is 11.1. The van der Waals surface area contributed by atoms with E-state index < -0.39 is 0 Å². The minimum absolute atomic E-state index is 0.200. The third-order valence-electron chi connectivity index (χ3n) is 6.77. The quantitative estimate of drug-likeness (QED) is 0.388. The third-order valence-corrected chi connectivity index (χ3v) is 6.77. The Morgan fingerprint density at radius 2 is 1.76 bits per heavy atom. The topological polar surface area (TPSA) is 104 Å². The van der Waals surface area contributed by atoms with E-state index in [1.165, 1.54) is 5.56 Å². The van der Waals surface area contributed by atoms with Crippen LogP contribution < -0.4 is 10.6 Å². The lowest BCUT2D eigenvalue weighted by Crippen LogP contribution is -2.43. The van der Waals surface area contributed by atoms with Gasteiger partial charge < -0.3 is 15.5 Å². The molecule has 0 aliphatic carbocycles. The van der Waals surface area contributed by atoms with Gasteiger partial charge in [-0.1, -0.05) is 12.1 Å². The van der Waals surface area contributed by atoms with Crippen LogP contribution in [0.15, 0.2) is 55.1 Å². The van der Waals surface area contributed by atoms with Gasteiger partial charge in [-0.15, -0.1) is 0 Å². The van der Waals surface area contributed by atoms with E-state index in [9.17, 15) is 4.79 Å². The molecule has 0 saturated carbocycles. The number of rotatable bonds is 7. The lowest BCUT2D eigenvalue weighted by Gasteiger charge is -2.32. The van der Waals surface area contributed by atoms with Crippen molar-refractivity contribution in [3.05, 3.63) is 77.4 Å². The van der Waals surface area contributed by atoms with Crippen molar-refractivity contribution in [3.63, 3.8) is 0 Å². The van der Waals surface area contributed by atoms with Gasteiger partial charge in [0.05, 0.1) is 17.5 Å². The van der Waals surface area contributed by atoms with E-state index in [-0.39, 0.29) is 5.91 Å². The number of carbonyl (C=O) groups is 1. The van der Waals surface area contributed by atoms with Gasteiger partial charge in [-0.05, 0) is 55.8 Å². The number of aromatic nitrogens is 5. The Balaban J connectivity index is 1.23. The van der Waals surface area contributed by atoms with E-state index in [0.29, 0.717) is 17.3 Å². The fourth-order valence-electron chi connectivity index (χ4n) is 4.42. The van der Waals surface area contributed by atoms with E-state index in [2.05, 4.69) is 65.7 Å². The summed E-state index contributed by atoms with van der Waals surface area (Å²) in [5.74, 6) is 0.772. The van der Waals surface area contributed by atoms with E-state index in [1.54, 1.807) is 35.4 Å². The number of likely N-dealkylation sites (N-methyl/N-ethyl adjacent to an activating group) is 1. The van der Waals surface area contributed by atoms with Gasteiger partial charge in [-0.25, -0.2) is 15.0 Å². The maximum Gasteiger partial charge on any atom is 0.257 e. The maximum absolute atomic E-state index is 13.0. The van der Waals surface area contributed by atoms with Gasteiger partial charge in [0.15, 0.2) is 0 Å². The zero-order valence-corrected chi connectivity index (χ0v) is 22.3. The molecule has 196 valence electrons. The highest BCUT2D eigenvalue weighted by atomic mass is 16.1. The Labute approximate surface area is 222 Å². The van der Waals surface area contributed by atoms with E-state index in [4.69, 9.17) is 0 Å². The van der Waals surface area contributed by atoms with Crippen molar-refractivity contribution in [1.29, 1.82) is 0 Å². The molecule has 4 heterocycles. The zero-order valence-electron chi connectivity index (χ0n) is 22.3. The lowest BCUT2D eigenvalue weighted by atomic mass is 10.1. The Bertz CT molecular complexity index is 1420. The summed E-state index contributed by atoms with van der Waals surface area (Å²) in [4.78, 5) is 31.2. The van der Waals surface area contributed by atoms with Crippen LogP contribution in [0.1, 0.15) is 27.0 Å². The van der Waals surface area contributed by atoms with Crippen LogP contribution in [-0.2, 0) is 13.6 Å². The number of nitrogens with one attached hydrogen (secondary N) is 2. The number of pyridine rings is 1. The number of benzene rings is 1. The molecule has 3 aromatic heterocycles. The Morgan fingerprint density at radius 1 is 0.947 bits per heavy atom. The summed E-state index contributed by atoms with van der Waals surface area (Å²) in [6, 6.07) is 9.76. The third kappa shape index (κ3) is 6.04. The molecule has 1 aliphatic rings. The molecule has 0 radical (unpaired) electrons. The van der Waals surface area contributed by atoms with Gasteiger partial charge in [-0.3, -0.25) is 14.4 Å². The number of anilines is 3. The summed E-state index contributed by atoms with van der Waals surface area (Å²) >= 11 is 0. The minimum atomic E-state index is -0.200. The number of hydrogen-bond donors (Lipinski definition) is 2. The lowest BCUT2D eigenvalue weighted by molar-refractivity contribution is 0.102. The average molecular weight is 512 g/mol. The molecule has 10 nitrogen and oxygen atoms in total. The molecule has 1 amide bonds. The van der Waals surface area contributed by atoms with Gasteiger partial charge >= 0.3 is 0 Å². The predicted octanol–water partition coefficient (Wildman–Crippen LogP) is 3.63. The monoisotopic (exact) mass is 511 g/mol.